The maximum absolute atomic E-state index is 12.0. The third kappa shape index (κ3) is 5.63. The molecule has 1 aromatic rings. The number of hydrogen-bond acceptors (Lipinski definition) is 5. The maximum atomic E-state index is 12.0. The molecule has 0 aliphatic carbocycles. The second-order valence-corrected chi connectivity index (χ2v) is 5.49. The van der Waals surface area contributed by atoms with E-state index in [2.05, 4.69) is 5.32 Å². The average Bonchev–Trinajstić information content (AvgIpc) is 2.38. The SMILES string of the molecule is CCOC(=O)c1cc(OCC)ccc1NC(=O)OC(C)(C)C. The predicted molar refractivity (Wildman–Crippen MR) is 83.4 cm³/mol. The third-order valence-corrected chi connectivity index (χ3v) is 2.43. The van der Waals surface area contributed by atoms with Crippen LogP contribution in [0.1, 0.15) is 45.0 Å². The van der Waals surface area contributed by atoms with Gasteiger partial charge in [-0.15, -0.1) is 0 Å². The number of carbonyl (C=O) groups is 2. The van der Waals surface area contributed by atoms with Gasteiger partial charge < -0.3 is 14.2 Å². The standard InChI is InChI=1S/C16H23NO5/c1-6-20-11-8-9-13(12(10-11)14(18)21-7-2)17-15(19)22-16(3,4)5/h8-10H,6-7H2,1-5H3,(H,17,19). The smallest absolute Gasteiger partial charge is 0.412 e. The van der Waals surface area contributed by atoms with Crippen molar-refractivity contribution in [1.82, 2.24) is 0 Å². The van der Waals surface area contributed by atoms with E-state index in [1.807, 2.05) is 6.92 Å². The Balaban J connectivity index is 3.01. The molecule has 0 unspecified atom stereocenters. The molecule has 0 aliphatic rings. The number of amides is 1. The Morgan fingerprint density at radius 3 is 2.36 bits per heavy atom. The van der Waals surface area contributed by atoms with Gasteiger partial charge >= 0.3 is 12.1 Å². The summed E-state index contributed by atoms with van der Waals surface area (Å²) >= 11 is 0. The van der Waals surface area contributed by atoms with E-state index in [-0.39, 0.29) is 12.2 Å². The summed E-state index contributed by atoms with van der Waals surface area (Å²) in [4.78, 5) is 23.9. The molecule has 1 rings (SSSR count). The normalized spacial score (nSPS) is 10.8. The lowest BCUT2D eigenvalue weighted by Gasteiger charge is -2.20. The van der Waals surface area contributed by atoms with E-state index in [9.17, 15) is 9.59 Å². The molecule has 1 aromatic carbocycles. The Kier molecular flexibility index (Phi) is 6.22. The Labute approximate surface area is 130 Å². The minimum absolute atomic E-state index is 0.221. The second-order valence-electron chi connectivity index (χ2n) is 5.49. The van der Waals surface area contributed by atoms with Crippen LogP contribution in [0.25, 0.3) is 0 Å². The zero-order chi connectivity index (χ0) is 16.8. The Hall–Kier alpha value is -2.24. The van der Waals surface area contributed by atoms with Crippen LogP contribution >= 0.6 is 0 Å². The summed E-state index contributed by atoms with van der Waals surface area (Å²) < 4.78 is 15.5. The molecule has 0 aromatic heterocycles. The van der Waals surface area contributed by atoms with Crippen LogP contribution in [-0.4, -0.2) is 30.9 Å². The van der Waals surface area contributed by atoms with Crippen LogP contribution in [0.3, 0.4) is 0 Å². The van der Waals surface area contributed by atoms with Crippen LogP contribution in [0.4, 0.5) is 10.5 Å². The fourth-order valence-electron chi connectivity index (χ4n) is 1.68. The van der Waals surface area contributed by atoms with E-state index >= 15 is 0 Å². The second kappa shape index (κ2) is 7.68. The Morgan fingerprint density at radius 1 is 1.14 bits per heavy atom. The van der Waals surface area contributed by atoms with Gasteiger partial charge in [0.05, 0.1) is 24.5 Å². The molecule has 0 saturated heterocycles. The zero-order valence-corrected chi connectivity index (χ0v) is 13.7. The van der Waals surface area contributed by atoms with Gasteiger partial charge in [0.2, 0.25) is 0 Å². The average molecular weight is 309 g/mol. The molecule has 0 aliphatic heterocycles. The van der Waals surface area contributed by atoms with E-state index < -0.39 is 17.7 Å². The van der Waals surface area contributed by atoms with Crippen LogP contribution in [0.5, 0.6) is 5.75 Å². The number of esters is 1. The van der Waals surface area contributed by atoms with Gasteiger partial charge in [0, 0.05) is 0 Å². The molecule has 0 heterocycles. The van der Waals surface area contributed by atoms with Crippen molar-refractivity contribution in [3.05, 3.63) is 23.8 Å². The first-order valence-corrected chi connectivity index (χ1v) is 7.20. The number of carbonyl (C=O) groups excluding carboxylic acids is 2. The van der Waals surface area contributed by atoms with Gasteiger partial charge in [-0.05, 0) is 52.8 Å². The van der Waals surface area contributed by atoms with E-state index in [1.165, 1.54) is 6.07 Å². The third-order valence-electron chi connectivity index (χ3n) is 2.43. The largest absolute Gasteiger partial charge is 0.494 e. The molecular formula is C16H23NO5. The molecule has 1 N–H and O–H groups in total. The highest BCUT2D eigenvalue weighted by molar-refractivity contribution is 6.00. The molecule has 0 atom stereocenters. The van der Waals surface area contributed by atoms with Gasteiger partial charge in [-0.25, -0.2) is 9.59 Å². The van der Waals surface area contributed by atoms with Crippen molar-refractivity contribution < 1.29 is 23.8 Å². The van der Waals surface area contributed by atoms with Gasteiger partial charge in [0.25, 0.3) is 0 Å². The summed E-state index contributed by atoms with van der Waals surface area (Å²) in [7, 11) is 0. The lowest BCUT2D eigenvalue weighted by molar-refractivity contribution is 0.0527. The topological polar surface area (TPSA) is 73.9 Å². The highest BCUT2D eigenvalue weighted by atomic mass is 16.6. The fourth-order valence-corrected chi connectivity index (χ4v) is 1.68. The highest BCUT2D eigenvalue weighted by Crippen LogP contribution is 2.24. The monoisotopic (exact) mass is 309 g/mol. The predicted octanol–water partition coefficient (Wildman–Crippen LogP) is 3.61. The summed E-state index contributed by atoms with van der Waals surface area (Å²) in [6, 6.07) is 4.79. The van der Waals surface area contributed by atoms with Crippen molar-refractivity contribution >= 4 is 17.7 Å². The molecule has 6 nitrogen and oxygen atoms in total. The molecule has 0 bridgehead atoms. The van der Waals surface area contributed by atoms with Crippen molar-refractivity contribution in [3.8, 4) is 5.75 Å². The number of ether oxygens (including phenoxy) is 3. The number of nitrogens with one attached hydrogen (secondary N) is 1. The highest BCUT2D eigenvalue weighted by Gasteiger charge is 2.20. The molecule has 122 valence electrons. The first-order chi connectivity index (χ1) is 10.3. The lowest BCUT2D eigenvalue weighted by Crippen LogP contribution is -2.27. The summed E-state index contributed by atoms with van der Waals surface area (Å²) in [5.74, 6) is -0.00426. The Morgan fingerprint density at radius 2 is 1.82 bits per heavy atom. The van der Waals surface area contributed by atoms with E-state index in [1.54, 1.807) is 39.8 Å². The van der Waals surface area contributed by atoms with Crippen LogP contribution in [0, 0.1) is 0 Å². The summed E-state index contributed by atoms with van der Waals surface area (Å²) in [5, 5.41) is 2.56. The van der Waals surface area contributed by atoms with Gasteiger partial charge in [0.1, 0.15) is 11.4 Å². The quantitative estimate of drug-likeness (QED) is 0.841. The van der Waals surface area contributed by atoms with Gasteiger partial charge in [-0.3, -0.25) is 5.32 Å². The van der Waals surface area contributed by atoms with Crippen molar-refractivity contribution in [2.24, 2.45) is 0 Å². The number of rotatable bonds is 5. The summed E-state index contributed by atoms with van der Waals surface area (Å²) in [5.41, 5.74) is -0.0887. The van der Waals surface area contributed by atoms with E-state index in [0.29, 0.717) is 18.0 Å². The van der Waals surface area contributed by atoms with Gasteiger partial charge in [-0.2, -0.15) is 0 Å². The van der Waals surface area contributed by atoms with Crippen LogP contribution in [-0.2, 0) is 9.47 Å². The fraction of sp³-hybridized carbons (Fsp3) is 0.500. The van der Waals surface area contributed by atoms with E-state index in [0.717, 1.165) is 0 Å². The molecule has 0 saturated carbocycles. The first kappa shape index (κ1) is 17.8. The zero-order valence-electron chi connectivity index (χ0n) is 13.7. The molecule has 0 spiro atoms. The van der Waals surface area contributed by atoms with Crippen LogP contribution in [0.2, 0.25) is 0 Å². The molecule has 6 heteroatoms. The number of anilines is 1. The van der Waals surface area contributed by atoms with Crippen LogP contribution in [0.15, 0.2) is 18.2 Å². The maximum Gasteiger partial charge on any atom is 0.412 e. The number of hydrogen-bond donors (Lipinski definition) is 1. The van der Waals surface area contributed by atoms with Crippen LogP contribution < -0.4 is 10.1 Å². The molecule has 0 fully saturated rings. The first-order valence-electron chi connectivity index (χ1n) is 7.20. The summed E-state index contributed by atoms with van der Waals surface area (Å²) in [6.45, 7) is 9.55. The van der Waals surface area contributed by atoms with Crippen molar-refractivity contribution in [1.29, 1.82) is 0 Å². The lowest BCUT2D eigenvalue weighted by atomic mass is 10.1. The molecule has 22 heavy (non-hydrogen) atoms. The van der Waals surface area contributed by atoms with Crippen molar-refractivity contribution in [2.45, 2.75) is 40.2 Å². The number of benzene rings is 1. The molecule has 1 amide bonds. The van der Waals surface area contributed by atoms with Gasteiger partial charge in [-0.1, -0.05) is 0 Å². The minimum atomic E-state index is -0.637. The minimum Gasteiger partial charge on any atom is -0.494 e. The van der Waals surface area contributed by atoms with Gasteiger partial charge in [0.15, 0.2) is 0 Å². The van der Waals surface area contributed by atoms with E-state index in [4.69, 9.17) is 14.2 Å². The summed E-state index contributed by atoms with van der Waals surface area (Å²) in [6.07, 6.45) is -0.637. The molecule has 0 radical (unpaired) electrons. The van der Waals surface area contributed by atoms with Crippen molar-refractivity contribution in [3.63, 3.8) is 0 Å². The Bertz CT molecular complexity index is 534. The molecular weight excluding hydrogens is 286 g/mol. The van der Waals surface area contributed by atoms with Crippen molar-refractivity contribution in [2.75, 3.05) is 18.5 Å².